The quantitative estimate of drug-likeness (QED) is 0.364. The van der Waals surface area contributed by atoms with E-state index in [9.17, 15) is 4.79 Å². The second-order valence-corrected chi connectivity index (χ2v) is 8.45. The fourth-order valence-corrected chi connectivity index (χ4v) is 4.45. The standard InChI is InChI=1S/C29H26N2O2/c1-20(2)31(22-10-4-3-5-11-22)23-18-16-21(17-19-23)30-29(32)28-24-12-6-8-14-26(24)33-27-15-9-7-13-25(27)28/h3-20,28H,1-2H3,(H,30,32). The van der Waals surface area contributed by atoms with E-state index in [4.69, 9.17) is 4.74 Å². The van der Waals surface area contributed by atoms with E-state index in [0.717, 1.165) is 39.7 Å². The van der Waals surface area contributed by atoms with E-state index in [2.05, 4.69) is 48.3 Å². The third-order valence-electron chi connectivity index (χ3n) is 5.91. The van der Waals surface area contributed by atoms with Crippen molar-refractivity contribution < 1.29 is 9.53 Å². The lowest BCUT2D eigenvalue weighted by molar-refractivity contribution is -0.116. The number of amides is 1. The first-order valence-electron chi connectivity index (χ1n) is 11.2. The molecule has 4 aromatic carbocycles. The van der Waals surface area contributed by atoms with Crippen molar-refractivity contribution in [3.05, 3.63) is 114 Å². The Balaban J connectivity index is 1.41. The highest BCUT2D eigenvalue weighted by molar-refractivity contribution is 5.99. The van der Waals surface area contributed by atoms with Crippen LogP contribution >= 0.6 is 0 Å². The predicted molar refractivity (Wildman–Crippen MR) is 134 cm³/mol. The van der Waals surface area contributed by atoms with Crippen molar-refractivity contribution >= 4 is 23.0 Å². The van der Waals surface area contributed by atoms with E-state index in [1.807, 2.05) is 78.9 Å². The molecule has 0 saturated heterocycles. The zero-order valence-corrected chi connectivity index (χ0v) is 18.7. The van der Waals surface area contributed by atoms with Gasteiger partial charge in [0.2, 0.25) is 5.91 Å². The van der Waals surface area contributed by atoms with Gasteiger partial charge in [-0.3, -0.25) is 4.79 Å². The van der Waals surface area contributed by atoms with Gasteiger partial charge in [0.1, 0.15) is 11.5 Å². The number of carbonyl (C=O) groups excluding carboxylic acids is 1. The molecule has 0 radical (unpaired) electrons. The molecule has 4 nitrogen and oxygen atoms in total. The summed E-state index contributed by atoms with van der Waals surface area (Å²) in [6.45, 7) is 4.34. The molecule has 164 valence electrons. The monoisotopic (exact) mass is 434 g/mol. The molecule has 0 saturated carbocycles. The van der Waals surface area contributed by atoms with Gasteiger partial charge in [-0.25, -0.2) is 0 Å². The number of nitrogens with zero attached hydrogens (tertiary/aromatic N) is 1. The van der Waals surface area contributed by atoms with Crippen molar-refractivity contribution in [1.29, 1.82) is 0 Å². The van der Waals surface area contributed by atoms with Gasteiger partial charge in [-0.15, -0.1) is 0 Å². The van der Waals surface area contributed by atoms with E-state index < -0.39 is 5.92 Å². The zero-order valence-electron chi connectivity index (χ0n) is 18.7. The molecule has 0 aliphatic carbocycles. The van der Waals surface area contributed by atoms with Gasteiger partial charge in [0.15, 0.2) is 0 Å². The highest BCUT2D eigenvalue weighted by Gasteiger charge is 2.32. The molecular weight excluding hydrogens is 408 g/mol. The Hall–Kier alpha value is -4.05. The molecule has 1 N–H and O–H groups in total. The van der Waals surface area contributed by atoms with Crippen LogP contribution in [-0.2, 0) is 4.79 Å². The zero-order chi connectivity index (χ0) is 22.8. The fraction of sp³-hybridized carbons (Fsp3) is 0.138. The van der Waals surface area contributed by atoms with Crippen molar-refractivity contribution in [2.24, 2.45) is 0 Å². The van der Waals surface area contributed by atoms with Crippen molar-refractivity contribution in [1.82, 2.24) is 0 Å². The summed E-state index contributed by atoms with van der Waals surface area (Å²) >= 11 is 0. The minimum absolute atomic E-state index is 0.0743. The van der Waals surface area contributed by atoms with Crippen molar-refractivity contribution in [2.45, 2.75) is 25.8 Å². The number of ether oxygens (including phenoxy) is 1. The van der Waals surface area contributed by atoms with Crippen LogP contribution in [-0.4, -0.2) is 11.9 Å². The molecule has 1 amide bonds. The van der Waals surface area contributed by atoms with Crippen LogP contribution in [0.2, 0.25) is 0 Å². The van der Waals surface area contributed by atoms with E-state index in [1.165, 1.54) is 0 Å². The van der Waals surface area contributed by atoms with Crippen LogP contribution in [0.5, 0.6) is 11.5 Å². The lowest BCUT2D eigenvalue weighted by Gasteiger charge is -2.29. The maximum absolute atomic E-state index is 13.5. The van der Waals surface area contributed by atoms with Crippen molar-refractivity contribution in [3.8, 4) is 11.5 Å². The number of benzene rings is 4. The average molecular weight is 435 g/mol. The Kier molecular flexibility index (Phi) is 5.57. The summed E-state index contributed by atoms with van der Waals surface area (Å²) in [7, 11) is 0. The number of fused-ring (bicyclic) bond motifs is 2. The minimum Gasteiger partial charge on any atom is -0.457 e. The molecule has 1 aliphatic heterocycles. The summed E-state index contributed by atoms with van der Waals surface area (Å²) in [5, 5.41) is 3.12. The summed E-state index contributed by atoms with van der Waals surface area (Å²) in [6, 6.07) is 34.1. The number of anilines is 3. The van der Waals surface area contributed by atoms with Crippen LogP contribution in [0.25, 0.3) is 0 Å². The van der Waals surface area contributed by atoms with E-state index >= 15 is 0 Å². The van der Waals surface area contributed by atoms with Crippen LogP contribution in [0, 0.1) is 0 Å². The number of para-hydroxylation sites is 3. The number of hydrogen-bond donors (Lipinski definition) is 1. The molecule has 0 aromatic heterocycles. The second-order valence-electron chi connectivity index (χ2n) is 8.45. The van der Waals surface area contributed by atoms with Crippen LogP contribution in [0.1, 0.15) is 30.9 Å². The topological polar surface area (TPSA) is 41.6 Å². The lowest BCUT2D eigenvalue weighted by atomic mass is 9.87. The number of nitrogens with one attached hydrogen (secondary N) is 1. The van der Waals surface area contributed by atoms with Crippen LogP contribution in [0.4, 0.5) is 17.1 Å². The van der Waals surface area contributed by atoms with Gasteiger partial charge < -0.3 is 15.0 Å². The molecule has 1 heterocycles. The summed E-state index contributed by atoms with van der Waals surface area (Å²) < 4.78 is 6.03. The van der Waals surface area contributed by atoms with Gasteiger partial charge in [-0.1, -0.05) is 54.6 Å². The van der Waals surface area contributed by atoms with Gasteiger partial charge in [0.05, 0.1) is 5.92 Å². The maximum atomic E-state index is 13.5. The van der Waals surface area contributed by atoms with Gasteiger partial charge in [-0.2, -0.15) is 0 Å². The molecule has 1 aliphatic rings. The lowest BCUT2D eigenvalue weighted by Crippen LogP contribution is -2.26. The Bertz CT molecular complexity index is 1220. The molecule has 0 unspecified atom stereocenters. The maximum Gasteiger partial charge on any atom is 0.236 e. The second kappa shape index (κ2) is 8.83. The summed E-state index contributed by atoms with van der Waals surface area (Å²) in [5.41, 5.74) is 4.73. The molecule has 4 aromatic rings. The van der Waals surface area contributed by atoms with Crippen LogP contribution in [0.15, 0.2) is 103 Å². The van der Waals surface area contributed by atoms with Gasteiger partial charge >= 0.3 is 0 Å². The summed E-state index contributed by atoms with van der Waals surface area (Å²) in [6.07, 6.45) is 0. The van der Waals surface area contributed by atoms with E-state index in [0.29, 0.717) is 6.04 Å². The number of rotatable bonds is 5. The smallest absolute Gasteiger partial charge is 0.236 e. The molecule has 5 rings (SSSR count). The SMILES string of the molecule is CC(C)N(c1ccccc1)c1ccc(NC(=O)C2c3ccccc3Oc3ccccc32)cc1. The highest BCUT2D eigenvalue weighted by Crippen LogP contribution is 2.44. The van der Waals surface area contributed by atoms with Crippen molar-refractivity contribution in [2.75, 3.05) is 10.2 Å². The third-order valence-corrected chi connectivity index (χ3v) is 5.91. The minimum atomic E-state index is -0.428. The Morgan fingerprint density at radius 2 is 1.24 bits per heavy atom. The molecule has 0 spiro atoms. The molecule has 0 fully saturated rings. The summed E-state index contributed by atoms with van der Waals surface area (Å²) in [4.78, 5) is 15.7. The van der Waals surface area contributed by atoms with Gasteiger partial charge in [0.25, 0.3) is 0 Å². The first-order chi connectivity index (χ1) is 16.1. The first-order valence-corrected chi connectivity index (χ1v) is 11.2. The first kappa shape index (κ1) is 20.8. The largest absolute Gasteiger partial charge is 0.457 e. The molecule has 0 bridgehead atoms. The predicted octanol–water partition coefficient (Wildman–Crippen LogP) is 7.11. The normalized spacial score (nSPS) is 12.5. The van der Waals surface area contributed by atoms with Gasteiger partial charge in [-0.05, 0) is 62.4 Å². The van der Waals surface area contributed by atoms with E-state index in [1.54, 1.807) is 0 Å². The fourth-order valence-electron chi connectivity index (χ4n) is 4.45. The molecule has 4 heteroatoms. The Morgan fingerprint density at radius 1 is 0.727 bits per heavy atom. The Labute approximate surface area is 194 Å². The van der Waals surface area contributed by atoms with Crippen molar-refractivity contribution in [3.63, 3.8) is 0 Å². The summed E-state index contributed by atoms with van der Waals surface area (Å²) in [5.74, 6) is 0.946. The number of hydrogen-bond acceptors (Lipinski definition) is 3. The average Bonchev–Trinajstić information content (AvgIpc) is 2.84. The van der Waals surface area contributed by atoms with Crippen LogP contribution in [0.3, 0.4) is 0 Å². The third kappa shape index (κ3) is 4.08. The Morgan fingerprint density at radius 3 is 1.82 bits per heavy atom. The molecular formula is C29H26N2O2. The highest BCUT2D eigenvalue weighted by atomic mass is 16.5. The number of carbonyl (C=O) groups is 1. The molecule has 0 atom stereocenters. The van der Waals surface area contributed by atoms with E-state index in [-0.39, 0.29) is 5.91 Å². The van der Waals surface area contributed by atoms with Gasteiger partial charge in [0, 0.05) is 34.2 Å². The van der Waals surface area contributed by atoms with Crippen LogP contribution < -0.4 is 15.0 Å². The molecule has 33 heavy (non-hydrogen) atoms.